The van der Waals surface area contributed by atoms with E-state index < -0.39 is 19.5 Å². The molecule has 0 atom stereocenters. The fourth-order valence-electron chi connectivity index (χ4n) is 1.01. The molecule has 0 aliphatic heterocycles. The minimum atomic E-state index is -4.80. The molecule has 0 heterocycles. The maximum absolute atomic E-state index is 10.7. The molecular formula is C8H9O7P. The lowest BCUT2D eigenvalue weighted by Gasteiger charge is -2.10. The highest BCUT2D eigenvalue weighted by atomic mass is 31.2. The van der Waals surface area contributed by atoms with Crippen molar-refractivity contribution in [1.29, 1.82) is 0 Å². The topological polar surface area (TPSA) is 113 Å². The minimum absolute atomic E-state index is 0.230. The maximum atomic E-state index is 10.7. The lowest BCUT2D eigenvalue weighted by molar-refractivity contribution is 0.0694. The van der Waals surface area contributed by atoms with Crippen LogP contribution in [-0.4, -0.2) is 28.0 Å². The molecule has 0 aromatic heterocycles. The molecule has 0 saturated heterocycles. The van der Waals surface area contributed by atoms with Gasteiger partial charge in [0.25, 0.3) is 0 Å². The van der Waals surface area contributed by atoms with E-state index in [4.69, 9.17) is 19.6 Å². The van der Waals surface area contributed by atoms with Crippen LogP contribution in [-0.2, 0) is 4.57 Å². The first-order valence-corrected chi connectivity index (χ1v) is 5.53. The molecule has 0 aliphatic carbocycles. The largest absolute Gasteiger partial charge is 0.524 e. The van der Waals surface area contributed by atoms with Crippen LogP contribution < -0.4 is 9.26 Å². The molecule has 0 saturated carbocycles. The summed E-state index contributed by atoms with van der Waals surface area (Å²) in [6.07, 6.45) is 0. The Hall–Kier alpha value is -1.56. The zero-order valence-electron chi connectivity index (χ0n) is 8.15. The number of aromatic carboxylic acids is 1. The van der Waals surface area contributed by atoms with Gasteiger partial charge in [0, 0.05) is 6.07 Å². The Bertz CT molecular complexity index is 450. The normalized spacial score (nSPS) is 10.9. The summed E-state index contributed by atoms with van der Waals surface area (Å²) in [6.45, 7) is 0. The molecule has 8 heteroatoms. The van der Waals surface area contributed by atoms with Gasteiger partial charge in [-0.3, -0.25) is 9.79 Å². The van der Waals surface area contributed by atoms with Gasteiger partial charge in [-0.2, -0.15) is 0 Å². The molecule has 0 unspecified atom stereocenters. The average molecular weight is 248 g/mol. The van der Waals surface area contributed by atoms with Crippen molar-refractivity contribution in [3.63, 3.8) is 0 Å². The Labute approximate surface area is 90.5 Å². The molecule has 1 aromatic rings. The van der Waals surface area contributed by atoms with Crippen LogP contribution in [0.5, 0.6) is 11.5 Å². The number of ether oxygens (including phenoxy) is 1. The van der Waals surface area contributed by atoms with Crippen molar-refractivity contribution in [2.24, 2.45) is 0 Å². The Morgan fingerprint density at radius 1 is 1.38 bits per heavy atom. The second-order valence-electron chi connectivity index (χ2n) is 2.75. The zero-order valence-corrected chi connectivity index (χ0v) is 9.05. The van der Waals surface area contributed by atoms with E-state index in [1.165, 1.54) is 13.2 Å². The Morgan fingerprint density at radius 3 is 2.44 bits per heavy atom. The number of hydrogen-bond donors (Lipinski definition) is 3. The number of rotatable bonds is 4. The lowest BCUT2D eigenvalue weighted by atomic mass is 10.2. The smallest absolute Gasteiger partial charge is 0.497 e. The number of phosphoric ester groups is 1. The first-order chi connectivity index (χ1) is 7.33. The van der Waals surface area contributed by atoms with Crippen molar-refractivity contribution >= 4 is 13.8 Å². The molecule has 0 radical (unpaired) electrons. The minimum Gasteiger partial charge on any atom is -0.497 e. The number of methoxy groups -OCH3 is 1. The van der Waals surface area contributed by atoms with Crippen LogP contribution in [0.3, 0.4) is 0 Å². The summed E-state index contributed by atoms with van der Waals surface area (Å²) in [6, 6.07) is 3.56. The summed E-state index contributed by atoms with van der Waals surface area (Å²) in [7, 11) is -3.47. The average Bonchev–Trinajstić information content (AvgIpc) is 2.14. The third-order valence-corrected chi connectivity index (χ3v) is 2.07. The van der Waals surface area contributed by atoms with Crippen molar-refractivity contribution in [3.05, 3.63) is 23.8 Å². The quantitative estimate of drug-likeness (QED) is 0.677. The van der Waals surface area contributed by atoms with E-state index in [9.17, 15) is 9.36 Å². The first kappa shape index (κ1) is 12.5. The van der Waals surface area contributed by atoms with Gasteiger partial charge in [0.2, 0.25) is 0 Å². The monoisotopic (exact) mass is 248 g/mol. The van der Waals surface area contributed by atoms with Gasteiger partial charge in [0.05, 0.1) is 7.11 Å². The Kier molecular flexibility index (Phi) is 3.54. The number of carboxylic acids is 1. The van der Waals surface area contributed by atoms with Crippen LogP contribution in [0.15, 0.2) is 18.2 Å². The van der Waals surface area contributed by atoms with E-state index in [0.717, 1.165) is 12.1 Å². The van der Waals surface area contributed by atoms with Crippen molar-refractivity contribution in [2.75, 3.05) is 7.11 Å². The number of carboxylic acid groups (broad SMARTS) is 1. The molecule has 7 nitrogen and oxygen atoms in total. The predicted octanol–water partition coefficient (Wildman–Crippen LogP) is 0.865. The second kappa shape index (κ2) is 4.52. The standard InChI is InChI=1S/C8H9O7P/c1-14-5-2-3-6(8(9)10)7(4-5)15-16(11,12)13/h2-4H,1H3,(H,9,10)(H2,11,12,13). The first-order valence-electron chi connectivity index (χ1n) is 4.00. The lowest BCUT2D eigenvalue weighted by Crippen LogP contribution is -2.02. The van der Waals surface area contributed by atoms with Crippen LogP contribution >= 0.6 is 7.82 Å². The number of hydrogen-bond acceptors (Lipinski definition) is 4. The molecule has 1 aromatic carbocycles. The number of carbonyl (C=O) groups is 1. The molecule has 0 aliphatic rings. The summed E-state index contributed by atoms with van der Waals surface area (Å²) in [4.78, 5) is 27.9. The van der Waals surface area contributed by atoms with Crippen molar-refractivity contribution in [2.45, 2.75) is 0 Å². The molecule has 0 amide bonds. The fraction of sp³-hybridized carbons (Fsp3) is 0.125. The Morgan fingerprint density at radius 2 is 2.00 bits per heavy atom. The van der Waals surface area contributed by atoms with Crippen LogP contribution in [0.1, 0.15) is 10.4 Å². The molecular weight excluding hydrogens is 239 g/mol. The molecule has 0 spiro atoms. The zero-order chi connectivity index (χ0) is 12.3. The highest BCUT2D eigenvalue weighted by Crippen LogP contribution is 2.40. The van der Waals surface area contributed by atoms with Gasteiger partial charge in [-0.15, -0.1) is 0 Å². The van der Waals surface area contributed by atoms with Gasteiger partial charge in [-0.25, -0.2) is 9.36 Å². The number of benzene rings is 1. The van der Waals surface area contributed by atoms with Gasteiger partial charge < -0.3 is 14.4 Å². The highest BCUT2D eigenvalue weighted by molar-refractivity contribution is 7.46. The highest BCUT2D eigenvalue weighted by Gasteiger charge is 2.21. The summed E-state index contributed by atoms with van der Waals surface area (Å²) >= 11 is 0. The van der Waals surface area contributed by atoms with Gasteiger partial charge in [-0.05, 0) is 12.1 Å². The SMILES string of the molecule is COc1ccc(C(=O)O)c(OP(=O)(O)O)c1. The van der Waals surface area contributed by atoms with Crippen molar-refractivity contribution in [1.82, 2.24) is 0 Å². The van der Waals surface area contributed by atoms with Gasteiger partial charge in [0.1, 0.15) is 17.1 Å². The van der Waals surface area contributed by atoms with E-state index in [1.54, 1.807) is 0 Å². The molecule has 88 valence electrons. The maximum Gasteiger partial charge on any atom is 0.524 e. The molecule has 16 heavy (non-hydrogen) atoms. The van der Waals surface area contributed by atoms with E-state index in [-0.39, 0.29) is 11.3 Å². The van der Waals surface area contributed by atoms with Gasteiger partial charge in [-0.1, -0.05) is 0 Å². The number of phosphoric acid groups is 1. The van der Waals surface area contributed by atoms with E-state index in [1.807, 2.05) is 0 Å². The predicted molar refractivity (Wildman–Crippen MR) is 52.6 cm³/mol. The molecule has 0 bridgehead atoms. The summed E-state index contributed by atoms with van der Waals surface area (Å²) < 4.78 is 19.6. The second-order valence-corrected chi connectivity index (χ2v) is 3.91. The van der Waals surface area contributed by atoms with Gasteiger partial charge >= 0.3 is 13.8 Å². The molecule has 1 rings (SSSR count). The fourth-order valence-corrected chi connectivity index (χ4v) is 1.42. The molecule has 0 fully saturated rings. The third-order valence-electron chi connectivity index (χ3n) is 1.64. The van der Waals surface area contributed by atoms with Crippen LogP contribution in [0.25, 0.3) is 0 Å². The van der Waals surface area contributed by atoms with Crippen molar-refractivity contribution < 1.29 is 33.5 Å². The van der Waals surface area contributed by atoms with Gasteiger partial charge in [0.15, 0.2) is 0 Å². The van der Waals surface area contributed by atoms with Crippen LogP contribution in [0.4, 0.5) is 0 Å². The third kappa shape index (κ3) is 3.23. The summed E-state index contributed by atoms with van der Waals surface area (Å²) in [5.74, 6) is -1.57. The van der Waals surface area contributed by atoms with Crippen LogP contribution in [0.2, 0.25) is 0 Å². The summed E-state index contributed by atoms with van der Waals surface area (Å²) in [5.41, 5.74) is -0.357. The van der Waals surface area contributed by atoms with E-state index in [0.29, 0.717) is 0 Å². The van der Waals surface area contributed by atoms with Crippen molar-refractivity contribution in [3.8, 4) is 11.5 Å². The molecule has 3 N–H and O–H groups in total. The summed E-state index contributed by atoms with van der Waals surface area (Å²) in [5, 5.41) is 8.75. The van der Waals surface area contributed by atoms with Crippen LogP contribution in [0, 0.1) is 0 Å². The Balaban J connectivity index is 3.20. The van der Waals surface area contributed by atoms with E-state index in [2.05, 4.69) is 4.52 Å². The van der Waals surface area contributed by atoms with E-state index >= 15 is 0 Å².